The summed E-state index contributed by atoms with van der Waals surface area (Å²) in [5, 5.41) is 4.58. The first kappa shape index (κ1) is 12.7. The average Bonchev–Trinajstić information content (AvgIpc) is 2.90. The summed E-state index contributed by atoms with van der Waals surface area (Å²) in [5.74, 6) is 0.746. The van der Waals surface area contributed by atoms with Gasteiger partial charge >= 0.3 is 0 Å². The summed E-state index contributed by atoms with van der Waals surface area (Å²) in [7, 11) is 0. The van der Waals surface area contributed by atoms with Crippen LogP contribution in [0, 0.1) is 0 Å². The summed E-state index contributed by atoms with van der Waals surface area (Å²) in [5.41, 5.74) is 1.24. The highest BCUT2D eigenvalue weighted by Gasteiger charge is 2.24. The largest absolute Gasteiger partial charge is 0.309 e. The second-order valence-corrected chi connectivity index (χ2v) is 5.83. The van der Waals surface area contributed by atoms with Gasteiger partial charge in [-0.05, 0) is 38.3 Å². The lowest BCUT2D eigenvalue weighted by atomic mass is 9.98. The van der Waals surface area contributed by atoms with Crippen LogP contribution >= 0.6 is 11.3 Å². The molecule has 0 saturated heterocycles. The summed E-state index contributed by atoms with van der Waals surface area (Å²) in [4.78, 5) is 14.7. The van der Waals surface area contributed by atoms with Crippen molar-refractivity contribution in [3.63, 3.8) is 0 Å². The molecule has 0 bridgehead atoms. The Bertz CT molecular complexity index is 538. The number of thiazole rings is 1. The number of nitrogens with one attached hydrogen (secondary N) is 1. The summed E-state index contributed by atoms with van der Waals surface area (Å²) in [6.45, 7) is 3.27. The molecule has 5 heteroatoms. The van der Waals surface area contributed by atoms with Crippen LogP contribution in [-0.2, 0) is 6.42 Å². The first-order valence-corrected chi connectivity index (χ1v) is 7.70. The maximum atomic E-state index is 4.73. The van der Waals surface area contributed by atoms with Crippen molar-refractivity contribution in [1.29, 1.82) is 0 Å². The normalized spacial score (nSPS) is 18.3. The predicted molar refractivity (Wildman–Crippen MR) is 77.1 cm³/mol. The van der Waals surface area contributed by atoms with Gasteiger partial charge in [0.1, 0.15) is 0 Å². The zero-order chi connectivity index (χ0) is 13.1. The van der Waals surface area contributed by atoms with Crippen LogP contribution in [-0.4, -0.2) is 21.5 Å². The molecule has 0 saturated carbocycles. The molecule has 1 N–H and O–H groups in total. The van der Waals surface area contributed by atoms with E-state index in [1.807, 2.05) is 6.07 Å². The SMILES string of the molecule is CCCNC1CCCc2nc(-c3ncccn3)sc21. The van der Waals surface area contributed by atoms with Crippen LogP contribution < -0.4 is 5.32 Å². The summed E-state index contributed by atoms with van der Waals surface area (Å²) >= 11 is 1.75. The van der Waals surface area contributed by atoms with Gasteiger partial charge in [-0.2, -0.15) is 0 Å². The number of aromatic nitrogens is 3. The van der Waals surface area contributed by atoms with Crippen molar-refractivity contribution >= 4 is 11.3 Å². The van der Waals surface area contributed by atoms with E-state index in [-0.39, 0.29) is 0 Å². The molecule has 1 aliphatic rings. The van der Waals surface area contributed by atoms with Crippen molar-refractivity contribution in [2.75, 3.05) is 6.54 Å². The Morgan fingerprint density at radius 1 is 1.37 bits per heavy atom. The van der Waals surface area contributed by atoms with E-state index in [1.54, 1.807) is 23.7 Å². The van der Waals surface area contributed by atoms with Gasteiger partial charge in [0.25, 0.3) is 0 Å². The lowest BCUT2D eigenvalue weighted by molar-refractivity contribution is 0.465. The Balaban J connectivity index is 1.89. The van der Waals surface area contributed by atoms with E-state index in [9.17, 15) is 0 Å². The molecule has 3 rings (SSSR count). The summed E-state index contributed by atoms with van der Waals surface area (Å²) in [6, 6.07) is 2.31. The van der Waals surface area contributed by atoms with Gasteiger partial charge in [-0.1, -0.05) is 6.92 Å². The van der Waals surface area contributed by atoms with Crippen LogP contribution in [0.1, 0.15) is 42.8 Å². The van der Waals surface area contributed by atoms with Crippen LogP contribution in [0.5, 0.6) is 0 Å². The molecule has 0 aliphatic heterocycles. The number of hydrogen-bond acceptors (Lipinski definition) is 5. The molecule has 19 heavy (non-hydrogen) atoms. The predicted octanol–water partition coefficient (Wildman–Crippen LogP) is 2.98. The quantitative estimate of drug-likeness (QED) is 0.931. The molecule has 4 nitrogen and oxygen atoms in total. The van der Waals surface area contributed by atoms with E-state index >= 15 is 0 Å². The number of nitrogens with zero attached hydrogens (tertiary/aromatic N) is 3. The molecule has 1 atom stereocenters. The summed E-state index contributed by atoms with van der Waals surface area (Å²) in [6.07, 6.45) is 8.23. The van der Waals surface area contributed by atoms with E-state index in [1.165, 1.54) is 29.8 Å². The summed E-state index contributed by atoms with van der Waals surface area (Å²) < 4.78 is 0. The van der Waals surface area contributed by atoms with E-state index in [0.29, 0.717) is 6.04 Å². The van der Waals surface area contributed by atoms with Crippen LogP contribution in [0.15, 0.2) is 18.5 Å². The highest BCUT2D eigenvalue weighted by Crippen LogP contribution is 2.36. The van der Waals surface area contributed by atoms with Gasteiger partial charge in [0, 0.05) is 23.3 Å². The Labute approximate surface area is 117 Å². The minimum absolute atomic E-state index is 0.471. The van der Waals surface area contributed by atoms with Gasteiger partial charge in [0.2, 0.25) is 0 Å². The fourth-order valence-electron chi connectivity index (χ4n) is 2.44. The second-order valence-electron chi connectivity index (χ2n) is 4.80. The first-order valence-electron chi connectivity index (χ1n) is 6.89. The fraction of sp³-hybridized carbons (Fsp3) is 0.500. The topological polar surface area (TPSA) is 50.7 Å². The number of hydrogen-bond donors (Lipinski definition) is 1. The average molecular weight is 274 g/mol. The minimum Gasteiger partial charge on any atom is -0.309 e. The third-order valence-corrected chi connectivity index (χ3v) is 4.56. The van der Waals surface area contributed by atoms with Crippen molar-refractivity contribution in [3.05, 3.63) is 29.0 Å². The molecule has 0 fully saturated rings. The molecule has 0 spiro atoms. The van der Waals surface area contributed by atoms with E-state index < -0.39 is 0 Å². The Hall–Kier alpha value is -1.33. The number of fused-ring (bicyclic) bond motifs is 1. The maximum Gasteiger partial charge on any atom is 0.188 e. The molecule has 100 valence electrons. The zero-order valence-electron chi connectivity index (χ0n) is 11.1. The smallest absolute Gasteiger partial charge is 0.188 e. The van der Waals surface area contributed by atoms with Crippen LogP contribution in [0.4, 0.5) is 0 Å². The molecule has 2 aromatic rings. The van der Waals surface area contributed by atoms with E-state index in [2.05, 4.69) is 22.2 Å². The molecular weight excluding hydrogens is 256 g/mol. The van der Waals surface area contributed by atoms with Gasteiger partial charge in [-0.25, -0.2) is 15.0 Å². The van der Waals surface area contributed by atoms with Crippen molar-refractivity contribution in [2.24, 2.45) is 0 Å². The molecule has 2 aromatic heterocycles. The van der Waals surface area contributed by atoms with Gasteiger partial charge in [0.05, 0.1) is 5.69 Å². The third kappa shape index (κ3) is 2.67. The monoisotopic (exact) mass is 274 g/mol. The minimum atomic E-state index is 0.471. The van der Waals surface area contributed by atoms with Crippen molar-refractivity contribution in [1.82, 2.24) is 20.3 Å². The molecule has 0 radical (unpaired) electrons. The standard InChI is InChI=1S/C14H18N4S/c1-2-7-15-10-5-3-6-11-12(10)19-14(18-11)13-16-8-4-9-17-13/h4,8-10,15H,2-3,5-7H2,1H3. The van der Waals surface area contributed by atoms with Gasteiger partial charge in [0.15, 0.2) is 10.8 Å². The first-order chi connectivity index (χ1) is 9.38. The fourth-order valence-corrected chi connectivity index (χ4v) is 3.61. The van der Waals surface area contributed by atoms with Gasteiger partial charge < -0.3 is 5.32 Å². The molecule has 0 amide bonds. The van der Waals surface area contributed by atoms with Crippen molar-refractivity contribution < 1.29 is 0 Å². The molecule has 0 aromatic carbocycles. The molecular formula is C14H18N4S. The molecule has 1 aliphatic carbocycles. The Morgan fingerprint density at radius 2 is 2.21 bits per heavy atom. The maximum absolute atomic E-state index is 4.73. The van der Waals surface area contributed by atoms with Crippen LogP contribution in [0.2, 0.25) is 0 Å². The van der Waals surface area contributed by atoms with Crippen molar-refractivity contribution in [2.45, 2.75) is 38.6 Å². The Kier molecular flexibility index (Phi) is 3.84. The lowest BCUT2D eigenvalue weighted by Crippen LogP contribution is -2.24. The third-order valence-electron chi connectivity index (χ3n) is 3.35. The number of rotatable bonds is 4. The van der Waals surface area contributed by atoms with E-state index in [4.69, 9.17) is 4.98 Å². The Morgan fingerprint density at radius 3 is 3.00 bits per heavy atom. The molecule has 2 heterocycles. The highest BCUT2D eigenvalue weighted by molar-refractivity contribution is 7.15. The van der Waals surface area contributed by atoms with Crippen LogP contribution in [0.3, 0.4) is 0 Å². The van der Waals surface area contributed by atoms with Gasteiger partial charge in [-0.15, -0.1) is 11.3 Å². The highest BCUT2D eigenvalue weighted by atomic mass is 32.1. The lowest BCUT2D eigenvalue weighted by Gasteiger charge is -2.22. The molecule has 1 unspecified atom stereocenters. The second kappa shape index (κ2) is 5.75. The van der Waals surface area contributed by atoms with E-state index in [0.717, 1.165) is 23.8 Å². The zero-order valence-corrected chi connectivity index (χ0v) is 11.9. The van der Waals surface area contributed by atoms with Crippen molar-refractivity contribution in [3.8, 4) is 10.8 Å². The van der Waals surface area contributed by atoms with Crippen LogP contribution in [0.25, 0.3) is 10.8 Å². The number of aryl methyl sites for hydroxylation is 1. The van der Waals surface area contributed by atoms with Gasteiger partial charge in [-0.3, -0.25) is 0 Å².